The van der Waals surface area contributed by atoms with Gasteiger partial charge in [-0.1, -0.05) is 32.0 Å². The molecule has 0 saturated carbocycles. The minimum atomic E-state index is -0.0351. The number of benzene rings is 1. The van der Waals surface area contributed by atoms with Crippen LogP contribution in [-0.2, 0) is 11.2 Å². The van der Waals surface area contributed by atoms with E-state index < -0.39 is 0 Å². The summed E-state index contributed by atoms with van der Waals surface area (Å²) in [7, 11) is 0. The molecule has 1 amide bonds. The molecule has 0 aliphatic carbocycles. The van der Waals surface area contributed by atoms with E-state index in [9.17, 15) is 4.79 Å². The van der Waals surface area contributed by atoms with Gasteiger partial charge in [0.1, 0.15) is 0 Å². The summed E-state index contributed by atoms with van der Waals surface area (Å²) >= 11 is 0. The first-order chi connectivity index (χ1) is 11.7. The minimum absolute atomic E-state index is 0.0351. The van der Waals surface area contributed by atoms with E-state index >= 15 is 0 Å². The Hall–Kier alpha value is -2.47. The third kappa shape index (κ3) is 3.54. The summed E-state index contributed by atoms with van der Waals surface area (Å²) in [5.41, 5.74) is 3.41. The number of anilines is 2. The fraction of sp³-hybridized carbons (Fsp3) is 0.389. The highest BCUT2D eigenvalue weighted by Gasteiger charge is 2.20. The van der Waals surface area contributed by atoms with Crippen LogP contribution < -0.4 is 10.6 Å². The van der Waals surface area contributed by atoms with Crippen LogP contribution in [0.25, 0.3) is 11.3 Å². The van der Waals surface area contributed by atoms with Crippen molar-refractivity contribution in [1.82, 2.24) is 14.9 Å². The van der Waals surface area contributed by atoms with Crippen LogP contribution in [0.4, 0.5) is 11.6 Å². The number of nitrogens with zero attached hydrogens (tertiary/aromatic N) is 3. The van der Waals surface area contributed by atoms with Crippen molar-refractivity contribution in [3.8, 4) is 11.3 Å². The number of amides is 1. The zero-order valence-electron chi connectivity index (χ0n) is 14.2. The van der Waals surface area contributed by atoms with Crippen LogP contribution in [0.15, 0.2) is 30.5 Å². The van der Waals surface area contributed by atoms with Crippen molar-refractivity contribution in [2.45, 2.75) is 20.3 Å². The van der Waals surface area contributed by atoms with Crippen molar-refractivity contribution in [1.29, 1.82) is 0 Å². The Morgan fingerprint density at radius 1 is 1.25 bits per heavy atom. The van der Waals surface area contributed by atoms with Crippen molar-refractivity contribution in [3.05, 3.63) is 36.0 Å². The second-order valence-electron chi connectivity index (χ2n) is 5.79. The molecular formula is C18H23N5O. The largest absolute Gasteiger partial charge is 0.353 e. The Kier molecular flexibility index (Phi) is 5.05. The topological polar surface area (TPSA) is 70.2 Å². The standard InChI is InChI=1S/C18H23N5O/c1-3-23(4-2)10-9-19-18-20-12-13-11-16(24)21-15-8-6-5-7-14(15)17(13)22-18/h5-8,12H,3-4,9-11H2,1-2H3,(H,21,24)(H,19,20,22). The van der Waals surface area contributed by atoms with Crippen LogP contribution in [0.5, 0.6) is 0 Å². The molecule has 0 unspecified atom stereocenters. The molecule has 0 bridgehead atoms. The molecule has 6 nitrogen and oxygen atoms in total. The number of hydrogen-bond donors (Lipinski definition) is 2. The van der Waals surface area contributed by atoms with Crippen molar-refractivity contribution in [2.24, 2.45) is 0 Å². The lowest BCUT2D eigenvalue weighted by atomic mass is 10.1. The van der Waals surface area contributed by atoms with Gasteiger partial charge in [0.05, 0.1) is 17.8 Å². The summed E-state index contributed by atoms with van der Waals surface area (Å²) in [5, 5.41) is 6.22. The molecule has 2 heterocycles. The molecule has 1 aliphatic rings. The van der Waals surface area contributed by atoms with E-state index in [0.717, 1.165) is 48.7 Å². The first kappa shape index (κ1) is 16.4. The van der Waals surface area contributed by atoms with Gasteiger partial charge in [0.2, 0.25) is 11.9 Å². The third-order valence-electron chi connectivity index (χ3n) is 4.28. The first-order valence-corrected chi connectivity index (χ1v) is 8.42. The van der Waals surface area contributed by atoms with E-state index in [2.05, 4.69) is 39.3 Å². The predicted octanol–water partition coefficient (Wildman–Crippen LogP) is 2.39. The molecule has 1 aromatic carbocycles. The van der Waals surface area contributed by atoms with E-state index in [-0.39, 0.29) is 5.91 Å². The van der Waals surface area contributed by atoms with Gasteiger partial charge >= 0.3 is 0 Å². The molecule has 0 fully saturated rings. The zero-order valence-corrected chi connectivity index (χ0v) is 14.2. The molecule has 2 aromatic rings. The van der Waals surface area contributed by atoms with Crippen LogP contribution in [-0.4, -0.2) is 47.0 Å². The highest BCUT2D eigenvalue weighted by Crippen LogP contribution is 2.32. The summed E-state index contributed by atoms with van der Waals surface area (Å²) in [5.74, 6) is 0.567. The van der Waals surface area contributed by atoms with E-state index in [1.807, 2.05) is 24.3 Å². The Morgan fingerprint density at radius 2 is 2.04 bits per heavy atom. The fourth-order valence-electron chi connectivity index (χ4n) is 2.89. The van der Waals surface area contributed by atoms with Crippen LogP contribution in [0, 0.1) is 0 Å². The summed E-state index contributed by atoms with van der Waals surface area (Å²) in [6.07, 6.45) is 2.05. The average Bonchev–Trinajstić information content (AvgIpc) is 2.74. The van der Waals surface area contributed by atoms with E-state index in [1.165, 1.54) is 0 Å². The lowest BCUT2D eigenvalue weighted by Gasteiger charge is -2.18. The summed E-state index contributed by atoms with van der Waals surface area (Å²) < 4.78 is 0. The highest BCUT2D eigenvalue weighted by molar-refractivity contribution is 5.99. The minimum Gasteiger partial charge on any atom is -0.353 e. The lowest BCUT2D eigenvalue weighted by Crippen LogP contribution is -2.29. The number of aromatic nitrogens is 2. The maximum Gasteiger partial charge on any atom is 0.228 e. The average molecular weight is 325 g/mol. The van der Waals surface area contributed by atoms with Crippen LogP contribution >= 0.6 is 0 Å². The molecule has 3 rings (SSSR count). The van der Waals surface area contributed by atoms with Gasteiger partial charge in [0.25, 0.3) is 0 Å². The quantitative estimate of drug-likeness (QED) is 0.853. The van der Waals surface area contributed by atoms with Crippen molar-refractivity contribution < 1.29 is 4.79 Å². The number of rotatable bonds is 6. The second-order valence-corrected chi connectivity index (χ2v) is 5.79. The van der Waals surface area contributed by atoms with Crippen LogP contribution in [0.2, 0.25) is 0 Å². The normalized spacial score (nSPS) is 13.0. The molecule has 0 radical (unpaired) electrons. The van der Waals surface area contributed by atoms with Gasteiger partial charge in [-0.3, -0.25) is 4.79 Å². The van der Waals surface area contributed by atoms with E-state index in [1.54, 1.807) is 6.20 Å². The number of nitrogens with one attached hydrogen (secondary N) is 2. The van der Waals surface area contributed by atoms with Crippen LogP contribution in [0.1, 0.15) is 19.4 Å². The molecule has 1 aromatic heterocycles. The fourth-order valence-corrected chi connectivity index (χ4v) is 2.89. The monoisotopic (exact) mass is 325 g/mol. The first-order valence-electron chi connectivity index (χ1n) is 8.42. The third-order valence-corrected chi connectivity index (χ3v) is 4.28. The maximum atomic E-state index is 12.0. The molecule has 0 atom stereocenters. The van der Waals surface area contributed by atoms with E-state index in [0.29, 0.717) is 12.4 Å². The number of fused-ring (bicyclic) bond motifs is 3. The van der Waals surface area contributed by atoms with Crippen molar-refractivity contribution in [3.63, 3.8) is 0 Å². The van der Waals surface area contributed by atoms with Gasteiger partial charge in [0, 0.05) is 30.4 Å². The second kappa shape index (κ2) is 7.40. The number of carbonyl (C=O) groups is 1. The maximum absolute atomic E-state index is 12.0. The molecular weight excluding hydrogens is 302 g/mol. The molecule has 24 heavy (non-hydrogen) atoms. The Morgan fingerprint density at radius 3 is 2.83 bits per heavy atom. The Bertz CT molecular complexity index is 727. The van der Waals surface area contributed by atoms with Crippen molar-refractivity contribution >= 4 is 17.5 Å². The molecule has 6 heteroatoms. The van der Waals surface area contributed by atoms with Gasteiger partial charge in [-0.15, -0.1) is 0 Å². The predicted molar refractivity (Wildman–Crippen MR) is 96.1 cm³/mol. The SMILES string of the molecule is CCN(CC)CCNc1ncc2c(n1)-c1ccccc1NC(=O)C2. The Balaban J connectivity index is 1.83. The van der Waals surface area contributed by atoms with Gasteiger partial charge in [0.15, 0.2) is 0 Å². The Labute approximate surface area is 142 Å². The number of hydrogen-bond acceptors (Lipinski definition) is 5. The summed E-state index contributed by atoms with van der Waals surface area (Å²) in [4.78, 5) is 23.4. The number of likely N-dealkylation sites (N-methyl/N-ethyl adjacent to an activating group) is 1. The molecule has 0 spiro atoms. The zero-order chi connectivity index (χ0) is 16.9. The molecule has 0 saturated heterocycles. The van der Waals surface area contributed by atoms with Gasteiger partial charge < -0.3 is 15.5 Å². The van der Waals surface area contributed by atoms with Crippen LogP contribution in [0.3, 0.4) is 0 Å². The number of carbonyl (C=O) groups excluding carboxylic acids is 1. The molecule has 2 N–H and O–H groups in total. The number of para-hydroxylation sites is 1. The lowest BCUT2D eigenvalue weighted by molar-refractivity contribution is -0.115. The summed E-state index contributed by atoms with van der Waals surface area (Å²) in [6, 6.07) is 7.74. The van der Waals surface area contributed by atoms with Gasteiger partial charge in [-0.2, -0.15) is 0 Å². The van der Waals surface area contributed by atoms with Gasteiger partial charge in [-0.25, -0.2) is 9.97 Å². The highest BCUT2D eigenvalue weighted by atomic mass is 16.1. The smallest absolute Gasteiger partial charge is 0.228 e. The summed E-state index contributed by atoms with van der Waals surface area (Å²) in [6.45, 7) is 8.12. The molecule has 126 valence electrons. The van der Waals surface area contributed by atoms with Crippen molar-refractivity contribution in [2.75, 3.05) is 36.8 Å². The van der Waals surface area contributed by atoms with E-state index in [4.69, 9.17) is 0 Å². The van der Waals surface area contributed by atoms with Gasteiger partial charge in [-0.05, 0) is 19.2 Å². The molecule has 1 aliphatic heterocycles.